The first-order valence-electron chi connectivity index (χ1n) is 14.2. The van der Waals surface area contributed by atoms with Crippen molar-refractivity contribution in [3.8, 4) is 18.1 Å². The quantitative estimate of drug-likeness (QED) is 0.220. The second-order valence-electron chi connectivity index (χ2n) is 11.3. The maximum atomic E-state index is 14.3. The van der Waals surface area contributed by atoms with Crippen LogP contribution >= 0.6 is 0 Å². The van der Waals surface area contributed by atoms with Crippen LogP contribution in [0.3, 0.4) is 0 Å². The highest BCUT2D eigenvalue weighted by molar-refractivity contribution is 5.99. The molecule has 2 atom stereocenters. The molecular formula is C33H45N3O5. The monoisotopic (exact) mass is 563 g/mol. The van der Waals surface area contributed by atoms with Crippen molar-refractivity contribution in [3.63, 3.8) is 0 Å². The van der Waals surface area contributed by atoms with Gasteiger partial charge in [-0.1, -0.05) is 64.2 Å². The van der Waals surface area contributed by atoms with Gasteiger partial charge in [-0.2, -0.15) is 0 Å². The fourth-order valence-corrected chi connectivity index (χ4v) is 4.40. The van der Waals surface area contributed by atoms with Gasteiger partial charge in [-0.15, -0.1) is 6.42 Å². The number of hydrogen-bond donors (Lipinski definition) is 2. The van der Waals surface area contributed by atoms with Gasteiger partial charge in [0.25, 0.3) is 5.91 Å². The van der Waals surface area contributed by atoms with Crippen LogP contribution in [0.25, 0.3) is 0 Å². The molecule has 0 aliphatic heterocycles. The van der Waals surface area contributed by atoms with Gasteiger partial charge in [0.2, 0.25) is 5.91 Å². The molecule has 0 aromatic heterocycles. The van der Waals surface area contributed by atoms with Crippen molar-refractivity contribution in [1.82, 2.24) is 10.2 Å². The number of rotatable bonds is 13. The topological polar surface area (TPSA) is 97.0 Å². The van der Waals surface area contributed by atoms with Gasteiger partial charge in [0, 0.05) is 17.8 Å². The molecule has 2 rings (SSSR count). The predicted molar refractivity (Wildman–Crippen MR) is 163 cm³/mol. The Morgan fingerprint density at radius 1 is 1.00 bits per heavy atom. The first-order valence-corrected chi connectivity index (χ1v) is 14.2. The lowest BCUT2D eigenvalue weighted by Crippen LogP contribution is -2.54. The molecular weight excluding hydrogens is 518 g/mol. The van der Waals surface area contributed by atoms with E-state index in [1.807, 2.05) is 13.8 Å². The molecule has 0 spiro atoms. The smallest absolute Gasteiger partial charge is 0.408 e. The minimum atomic E-state index is -1.04. The molecule has 3 amide bonds. The Bertz CT molecular complexity index is 1190. The lowest BCUT2D eigenvalue weighted by atomic mass is 9.95. The van der Waals surface area contributed by atoms with E-state index in [0.717, 1.165) is 19.3 Å². The third kappa shape index (κ3) is 10.2. The maximum Gasteiger partial charge on any atom is 0.408 e. The van der Waals surface area contributed by atoms with E-state index in [2.05, 4.69) is 23.5 Å². The van der Waals surface area contributed by atoms with Crippen LogP contribution in [0.1, 0.15) is 84.4 Å². The summed E-state index contributed by atoms with van der Waals surface area (Å²) in [5.74, 6) is 2.24. The fraction of sp³-hybridized carbons (Fsp3) is 0.485. The lowest BCUT2D eigenvalue weighted by molar-refractivity contribution is -0.141. The molecule has 2 aromatic rings. The van der Waals surface area contributed by atoms with E-state index in [4.69, 9.17) is 15.9 Å². The molecule has 0 saturated carbocycles. The van der Waals surface area contributed by atoms with E-state index in [-0.39, 0.29) is 11.8 Å². The second-order valence-corrected chi connectivity index (χ2v) is 11.3. The molecule has 0 bridgehead atoms. The summed E-state index contributed by atoms with van der Waals surface area (Å²) < 4.78 is 10.7. The molecule has 2 N–H and O–H groups in total. The van der Waals surface area contributed by atoms with Gasteiger partial charge < -0.3 is 25.0 Å². The molecule has 0 aliphatic carbocycles. The Labute approximate surface area is 245 Å². The summed E-state index contributed by atoms with van der Waals surface area (Å²) in [6.45, 7) is 11.4. The summed E-state index contributed by atoms with van der Waals surface area (Å²) in [6, 6.07) is 12.1. The summed E-state index contributed by atoms with van der Waals surface area (Å²) in [7, 11) is 1.57. The molecule has 8 nitrogen and oxygen atoms in total. The average molecular weight is 564 g/mol. The molecule has 0 fully saturated rings. The fourth-order valence-electron chi connectivity index (χ4n) is 4.40. The van der Waals surface area contributed by atoms with Crippen LogP contribution in [0.2, 0.25) is 0 Å². The van der Waals surface area contributed by atoms with Crippen LogP contribution < -0.4 is 15.4 Å². The minimum absolute atomic E-state index is 0.277. The molecule has 0 aliphatic rings. The van der Waals surface area contributed by atoms with E-state index >= 15 is 0 Å². The average Bonchev–Trinajstić information content (AvgIpc) is 2.92. The van der Waals surface area contributed by atoms with Crippen LogP contribution in [0, 0.1) is 18.3 Å². The van der Waals surface area contributed by atoms with E-state index in [1.165, 1.54) is 0 Å². The Balaban J connectivity index is 2.57. The number of nitrogens with zero attached hydrogens (tertiary/aromatic N) is 1. The maximum absolute atomic E-state index is 14.3. The van der Waals surface area contributed by atoms with Crippen molar-refractivity contribution in [1.29, 1.82) is 0 Å². The van der Waals surface area contributed by atoms with Crippen LogP contribution in [-0.2, 0) is 14.3 Å². The summed E-state index contributed by atoms with van der Waals surface area (Å²) in [5.41, 5.74) is 0.852. The number of terminal acetylenes is 1. The van der Waals surface area contributed by atoms with E-state index in [9.17, 15) is 14.4 Å². The standard InChI is InChI=1S/C33H45N3O5/c1-9-11-12-15-22-36(31(38)28(23(3)4)35-32(39)41-33(5,6)7)29(27-17-14-13-16-24(27)10-2)30(37)34-25-18-20-26(40-8)21-19-25/h2,13-14,16-21,23,28-29H,9,11-12,15,22H2,1,3-8H3,(H,34,37)(H,35,39). The molecule has 2 aromatic carbocycles. The van der Waals surface area contributed by atoms with Gasteiger partial charge in [-0.3, -0.25) is 9.59 Å². The Morgan fingerprint density at radius 3 is 2.22 bits per heavy atom. The number of benzene rings is 2. The molecule has 41 heavy (non-hydrogen) atoms. The van der Waals surface area contributed by atoms with Gasteiger partial charge >= 0.3 is 6.09 Å². The van der Waals surface area contributed by atoms with Crippen molar-refractivity contribution in [3.05, 3.63) is 59.7 Å². The number of unbranched alkanes of at least 4 members (excludes halogenated alkanes) is 3. The zero-order chi connectivity index (χ0) is 30.6. The molecule has 0 heterocycles. The number of hydrogen-bond acceptors (Lipinski definition) is 5. The van der Waals surface area contributed by atoms with Gasteiger partial charge in [0.15, 0.2) is 0 Å². The number of carbonyl (C=O) groups is 3. The van der Waals surface area contributed by atoms with Crippen molar-refractivity contribution in [2.75, 3.05) is 19.0 Å². The lowest BCUT2D eigenvalue weighted by Gasteiger charge is -2.36. The van der Waals surface area contributed by atoms with Crippen LogP contribution in [-0.4, -0.2) is 48.1 Å². The van der Waals surface area contributed by atoms with Crippen LogP contribution in [0.5, 0.6) is 5.75 Å². The van der Waals surface area contributed by atoms with E-state index < -0.39 is 29.7 Å². The first-order chi connectivity index (χ1) is 19.4. The van der Waals surface area contributed by atoms with Crippen LogP contribution in [0.15, 0.2) is 48.5 Å². The summed E-state index contributed by atoms with van der Waals surface area (Å²) in [5, 5.41) is 5.70. The summed E-state index contributed by atoms with van der Waals surface area (Å²) >= 11 is 0. The number of alkyl carbamates (subject to hydrolysis) is 1. The molecule has 0 saturated heterocycles. The van der Waals surface area contributed by atoms with E-state index in [1.54, 1.807) is 81.3 Å². The van der Waals surface area contributed by atoms with Gasteiger partial charge in [0.1, 0.15) is 23.4 Å². The van der Waals surface area contributed by atoms with Crippen molar-refractivity contribution in [2.45, 2.75) is 84.9 Å². The van der Waals surface area contributed by atoms with Gasteiger partial charge in [-0.05, 0) is 69.0 Å². The van der Waals surface area contributed by atoms with Crippen molar-refractivity contribution in [2.24, 2.45) is 5.92 Å². The van der Waals surface area contributed by atoms with Gasteiger partial charge in [0.05, 0.1) is 7.11 Å². The predicted octanol–water partition coefficient (Wildman–Crippen LogP) is 6.31. The van der Waals surface area contributed by atoms with Crippen LogP contribution in [0.4, 0.5) is 10.5 Å². The normalized spacial score (nSPS) is 12.6. The Kier molecular flexibility index (Phi) is 12.7. The minimum Gasteiger partial charge on any atom is -0.497 e. The highest BCUT2D eigenvalue weighted by Crippen LogP contribution is 2.29. The number of anilines is 1. The highest BCUT2D eigenvalue weighted by Gasteiger charge is 2.38. The largest absolute Gasteiger partial charge is 0.497 e. The summed E-state index contributed by atoms with van der Waals surface area (Å²) in [4.78, 5) is 42.7. The van der Waals surface area contributed by atoms with Gasteiger partial charge in [-0.25, -0.2) is 4.79 Å². The third-order valence-electron chi connectivity index (χ3n) is 6.47. The second kappa shape index (κ2) is 15.7. The zero-order valence-corrected chi connectivity index (χ0v) is 25.5. The SMILES string of the molecule is C#Cc1ccccc1C(C(=O)Nc1ccc(OC)cc1)N(CCCCCC)C(=O)C(NC(=O)OC(C)(C)C)C(C)C. The van der Waals surface area contributed by atoms with Crippen molar-refractivity contribution < 1.29 is 23.9 Å². The number of nitrogens with one attached hydrogen (secondary N) is 2. The Hall–Kier alpha value is -3.99. The number of carbonyl (C=O) groups excluding carboxylic acids is 3. The number of ether oxygens (including phenoxy) is 2. The molecule has 0 radical (unpaired) electrons. The third-order valence-corrected chi connectivity index (χ3v) is 6.47. The Morgan fingerprint density at radius 2 is 1.66 bits per heavy atom. The number of amides is 3. The first kappa shape index (κ1) is 33.2. The highest BCUT2D eigenvalue weighted by atomic mass is 16.6. The van der Waals surface area contributed by atoms with E-state index in [0.29, 0.717) is 35.5 Å². The number of methoxy groups -OCH3 is 1. The molecule has 222 valence electrons. The van der Waals surface area contributed by atoms with Crippen molar-refractivity contribution >= 4 is 23.6 Å². The molecule has 8 heteroatoms. The summed E-state index contributed by atoms with van der Waals surface area (Å²) in [6.07, 6.45) is 8.73. The zero-order valence-electron chi connectivity index (χ0n) is 25.5. The molecule has 2 unspecified atom stereocenters.